The summed E-state index contributed by atoms with van der Waals surface area (Å²) in [5, 5.41) is 2.92. The molecule has 0 saturated carbocycles. The van der Waals surface area contributed by atoms with Gasteiger partial charge in [-0.05, 0) is 41.3 Å². The topological polar surface area (TPSA) is 47.6 Å². The third-order valence-corrected chi connectivity index (χ3v) is 3.94. The Morgan fingerprint density at radius 2 is 1.67 bits per heavy atom. The molecule has 0 unspecified atom stereocenters. The number of nitrogens with one attached hydrogen (secondary N) is 1. The second-order valence-corrected chi connectivity index (χ2v) is 6.69. The van der Waals surface area contributed by atoms with Crippen LogP contribution in [0.4, 0.5) is 0 Å². The van der Waals surface area contributed by atoms with E-state index in [1.54, 1.807) is 14.2 Å². The van der Waals surface area contributed by atoms with Gasteiger partial charge in [0.25, 0.3) is 5.91 Å². The van der Waals surface area contributed by atoms with Crippen LogP contribution in [0.5, 0.6) is 11.5 Å². The minimum atomic E-state index is -0.111. The van der Waals surface area contributed by atoms with Gasteiger partial charge in [-0.3, -0.25) is 4.79 Å². The lowest BCUT2D eigenvalue weighted by molar-refractivity contribution is 0.0950. The highest BCUT2D eigenvalue weighted by molar-refractivity contribution is 5.94. The summed E-state index contributed by atoms with van der Waals surface area (Å²) in [5.41, 5.74) is 2.79. The molecular weight excluding hydrogens is 302 g/mol. The predicted octanol–water partition coefficient (Wildman–Crippen LogP) is 3.93. The zero-order valence-electron chi connectivity index (χ0n) is 15.0. The van der Waals surface area contributed by atoms with Crippen LogP contribution in [-0.4, -0.2) is 20.1 Å². The molecule has 2 aromatic carbocycles. The molecule has 2 aromatic rings. The molecule has 0 aliphatic carbocycles. The van der Waals surface area contributed by atoms with Gasteiger partial charge in [-0.2, -0.15) is 0 Å². The molecule has 2 rings (SSSR count). The van der Waals surface area contributed by atoms with Gasteiger partial charge in [-0.15, -0.1) is 0 Å². The standard InChI is InChI=1S/C20H25NO3/c1-20(2,3)16-8-6-14(7-9-16)19(22)21-13-15-12-17(23-4)10-11-18(15)24-5/h6-12H,13H2,1-5H3,(H,21,22). The molecule has 24 heavy (non-hydrogen) atoms. The summed E-state index contributed by atoms with van der Waals surface area (Å²) in [6.07, 6.45) is 0. The third-order valence-electron chi connectivity index (χ3n) is 3.94. The van der Waals surface area contributed by atoms with Crippen molar-refractivity contribution in [2.45, 2.75) is 32.7 Å². The van der Waals surface area contributed by atoms with Gasteiger partial charge in [-0.25, -0.2) is 0 Å². The fraction of sp³-hybridized carbons (Fsp3) is 0.350. The smallest absolute Gasteiger partial charge is 0.251 e. The van der Waals surface area contributed by atoms with Crippen LogP contribution in [0.25, 0.3) is 0 Å². The first-order chi connectivity index (χ1) is 11.3. The molecule has 4 heteroatoms. The number of amides is 1. The molecule has 0 heterocycles. The Bertz CT molecular complexity index is 700. The van der Waals surface area contributed by atoms with E-state index in [1.807, 2.05) is 42.5 Å². The van der Waals surface area contributed by atoms with Gasteiger partial charge in [0.15, 0.2) is 0 Å². The molecule has 0 radical (unpaired) electrons. The van der Waals surface area contributed by atoms with E-state index in [2.05, 4.69) is 26.1 Å². The van der Waals surface area contributed by atoms with Gasteiger partial charge >= 0.3 is 0 Å². The van der Waals surface area contributed by atoms with E-state index >= 15 is 0 Å². The summed E-state index contributed by atoms with van der Waals surface area (Å²) in [5.74, 6) is 1.34. The van der Waals surface area contributed by atoms with Crippen LogP contribution in [0.15, 0.2) is 42.5 Å². The maximum atomic E-state index is 12.3. The summed E-state index contributed by atoms with van der Waals surface area (Å²) in [4.78, 5) is 12.3. The molecule has 0 saturated heterocycles. The van der Waals surface area contributed by atoms with Crippen molar-refractivity contribution in [3.63, 3.8) is 0 Å². The lowest BCUT2D eigenvalue weighted by atomic mass is 9.87. The predicted molar refractivity (Wildman–Crippen MR) is 95.9 cm³/mol. The Labute approximate surface area is 143 Å². The highest BCUT2D eigenvalue weighted by Gasteiger charge is 2.14. The Hall–Kier alpha value is -2.49. The quantitative estimate of drug-likeness (QED) is 0.905. The lowest BCUT2D eigenvalue weighted by Crippen LogP contribution is -2.23. The van der Waals surface area contributed by atoms with Gasteiger partial charge in [-0.1, -0.05) is 32.9 Å². The lowest BCUT2D eigenvalue weighted by Gasteiger charge is -2.19. The van der Waals surface area contributed by atoms with E-state index in [0.29, 0.717) is 12.1 Å². The van der Waals surface area contributed by atoms with Crippen LogP contribution < -0.4 is 14.8 Å². The van der Waals surface area contributed by atoms with Crippen LogP contribution in [0.3, 0.4) is 0 Å². The minimum absolute atomic E-state index is 0.0724. The van der Waals surface area contributed by atoms with Crippen molar-refractivity contribution >= 4 is 5.91 Å². The molecule has 0 bridgehead atoms. The summed E-state index contributed by atoms with van der Waals surface area (Å²) in [6, 6.07) is 13.2. The number of hydrogen-bond donors (Lipinski definition) is 1. The van der Waals surface area contributed by atoms with E-state index in [0.717, 1.165) is 17.1 Å². The molecule has 128 valence electrons. The van der Waals surface area contributed by atoms with Crippen molar-refractivity contribution in [3.05, 3.63) is 59.2 Å². The van der Waals surface area contributed by atoms with Crippen molar-refractivity contribution in [2.75, 3.05) is 14.2 Å². The number of hydrogen-bond acceptors (Lipinski definition) is 3. The molecule has 4 nitrogen and oxygen atoms in total. The van der Waals surface area contributed by atoms with Gasteiger partial charge in [0.05, 0.1) is 14.2 Å². The van der Waals surface area contributed by atoms with Crippen LogP contribution in [0.1, 0.15) is 42.3 Å². The van der Waals surface area contributed by atoms with Crippen molar-refractivity contribution < 1.29 is 14.3 Å². The van der Waals surface area contributed by atoms with Gasteiger partial charge < -0.3 is 14.8 Å². The van der Waals surface area contributed by atoms with Crippen LogP contribution in [-0.2, 0) is 12.0 Å². The molecular formula is C20H25NO3. The van der Waals surface area contributed by atoms with Crippen molar-refractivity contribution in [1.29, 1.82) is 0 Å². The Morgan fingerprint density at radius 1 is 1.00 bits per heavy atom. The number of benzene rings is 2. The molecule has 0 spiro atoms. The minimum Gasteiger partial charge on any atom is -0.497 e. The number of carbonyl (C=O) groups is 1. The van der Waals surface area contributed by atoms with E-state index in [9.17, 15) is 4.79 Å². The van der Waals surface area contributed by atoms with Crippen molar-refractivity contribution in [2.24, 2.45) is 0 Å². The number of ether oxygens (including phenoxy) is 2. The average molecular weight is 327 g/mol. The van der Waals surface area contributed by atoms with Crippen molar-refractivity contribution in [3.8, 4) is 11.5 Å². The summed E-state index contributed by atoms with van der Waals surface area (Å²) in [6.45, 7) is 6.83. The van der Waals surface area contributed by atoms with E-state index < -0.39 is 0 Å². The fourth-order valence-corrected chi connectivity index (χ4v) is 2.42. The molecule has 1 N–H and O–H groups in total. The molecule has 0 aromatic heterocycles. The first-order valence-corrected chi connectivity index (χ1v) is 7.95. The Kier molecular flexibility index (Phi) is 5.50. The van der Waals surface area contributed by atoms with Crippen molar-refractivity contribution in [1.82, 2.24) is 5.32 Å². The molecule has 0 atom stereocenters. The SMILES string of the molecule is COc1ccc(OC)c(CNC(=O)c2ccc(C(C)(C)C)cc2)c1. The largest absolute Gasteiger partial charge is 0.497 e. The summed E-state index contributed by atoms with van der Waals surface area (Å²) in [7, 11) is 3.22. The number of methoxy groups -OCH3 is 2. The summed E-state index contributed by atoms with van der Waals surface area (Å²) >= 11 is 0. The Balaban J connectivity index is 2.08. The maximum Gasteiger partial charge on any atom is 0.251 e. The van der Waals surface area contributed by atoms with Crippen LogP contribution >= 0.6 is 0 Å². The number of rotatable bonds is 5. The summed E-state index contributed by atoms with van der Waals surface area (Å²) < 4.78 is 10.6. The monoisotopic (exact) mass is 327 g/mol. The van der Waals surface area contributed by atoms with Gasteiger partial charge in [0.1, 0.15) is 11.5 Å². The van der Waals surface area contributed by atoms with Crippen LogP contribution in [0, 0.1) is 0 Å². The van der Waals surface area contributed by atoms with Gasteiger partial charge in [0.2, 0.25) is 0 Å². The first-order valence-electron chi connectivity index (χ1n) is 7.95. The van der Waals surface area contributed by atoms with E-state index in [4.69, 9.17) is 9.47 Å². The van der Waals surface area contributed by atoms with E-state index in [-0.39, 0.29) is 11.3 Å². The number of carbonyl (C=O) groups excluding carboxylic acids is 1. The average Bonchev–Trinajstić information content (AvgIpc) is 2.58. The molecule has 1 amide bonds. The Morgan fingerprint density at radius 3 is 2.21 bits per heavy atom. The second kappa shape index (κ2) is 7.39. The van der Waals surface area contributed by atoms with Crippen LogP contribution in [0.2, 0.25) is 0 Å². The third kappa shape index (κ3) is 4.28. The molecule has 0 fully saturated rings. The van der Waals surface area contributed by atoms with Gasteiger partial charge in [0, 0.05) is 17.7 Å². The molecule has 0 aliphatic rings. The first kappa shape index (κ1) is 17.9. The highest BCUT2D eigenvalue weighted by atomic mass is 16.5. The maximum absolute atomic E-state index is 12.3. The normalized spacial score (nSPS) is 11.0. The zero-order chi connectivity index (χ0) is 17.7. The van der Waals surface area contributed by atoms with E-state index in [1.165, 1.54) is 5.56 Å². The fourth-order valence-electron chi connectivity index (χ4n) is 2.42. The highest BCUT2D eigenvalue weighted by Crippen LogP contribution is 2.24. The zero-order valence-corrected chi connectivity index (χ0v) is 15.0. The molecule has 0 aliphatic heterocycles. The second-order valence-electron chi connectivity index (χ2n) is 6.69.